The van der Waals surface area contributed by atoms with Gasteiger partial charge >= 0.3 is 5.97 Å². The van der Waals surface area contributed by atoms with Gasteiger partial charge in [-0.3, -0.25) is 14.4 Å². The summed E-state index contributed by atoms with van der Waals surface area (Å²) in [5.74, 6) is 1.43. The number of carbonyl (C=O) groups is 4. The first-order valence-corrected chi connectivity index (χ1v) is 13.9. The lowest BCUT2D eigenvalue weighted by molar-refractivity contribution is -0.223. The average Bonchev–Trinajstić information content (AvgIpc) is 3.17. The van der Waals surface area contributed by atoms with Crippen LogP contribution in [0.2, 0.25) is 0 Å². The molecule has 4 aliphatic rings. The van der Waals surface area contributed by atoms with Crippen molar-refractivity contribution >= 4 is 23.8 Å². The van der Waals surface area contributed by atoms with Crippen molar-refractivity contribution in [1.82, 2.24) is 0 Å². The lowest BCUT2D eigenvalue weighted by Gasteiger charge is -2.70. The van der Waals surface area contributed by atoms with Crippen LogP contribution in [0.5, 0.6) is 0 Å². The highest BCUT2D eigenvalue weighted by molar-refractivity contribution is 5.80. The first kappa shape index (κ1) is 26.5. The van der Waals surface area contributed by atoms with Crippen LogP contribution in [0.25, 0.3) is 0 Å². The quantitative estimate of drug-likeness (QED) is 0.327. The van der Waals surface area contributed by atoms with Gasteiger partial charge in [-0.05, 0) is 106 Å². The number of carbonyl (C=O) groups excluding carboxylic acids is 4. The second kappa shape index (κ2) is 9.10. The summed E-state index contributed by atoms with van der Waals surface area (Å²) < 4.78 is 5.66. The van der Waals surface area contributed by atoms with Crippen molar-refractivity contribution in [3.05, 3.63) is 0 Å². The van der Waals surface area contributed by atoms with Crippen LogP contribution in [0.1, 0.15) is 106 Å². The lowest BCUT2D eigenvalue weighted by atomic mass is 9.34. The fourth-order valence-electron chi connectivity index (χ4n) is 10.4. The summed E-state index contributed by atoms with van der Waals surface area (Å²) in [6.07, 6.45) is 10.2. The maximum absolute atomic E-state index is 12.9. The molecule has 0 radical (unpaired) electrons. The molecule has 196 valence electrons. The first-order chi connectivity index (χ1) is 16.4. The molecule has 0 unspecified atom stereocenters. The number of hydrogen-bond donors (Lipinski definition) is 0. The normalized spacial score (nSPS) is 46.6. The Hall–Kier alpha value is -1.52. The SMILES string of the molecule is CC(=O)OC[C@]12CC[C@@H](C(C)=O)[C@@H]1[C@H]1CC[C@@H]3[C@@](C)(CCC=O)[C@H](C(C)=O)CC[C@@]3(C)[C@]1(C)CC2. The average molecular weight is 487 g/mol. The van der Waals surface area contributed by atoms with E-state index in [0.29, 0.717) is 24.9 Å². The van der Waals surface area contributed by atoms with E-state index in [4.69, 9.17) is 4.74 Å². The van der Waals surface area contributed by atoms with Crippen LogP contribution in [-0.2, 0) is 23.9 Å². The van der Waals surface area contributed by atoms with Gasteiger partial charge in [0.05, 0.1) is 6.61 Å². The molecule has 0 N–H and O–H groups in total. The van der Waals surface area contributed by atoms with Gasteiger partial charge in [-0.15, -0.1) is 0 Å². The first-order valence-electron chi connectivity index (χ1n) is 13.9. The standard InChI is InChI=1S/C30H46O5/c1-19(32)22-10-14-30(18-35-21(3)34)16-15-28(5)24(26(22)30)8-9-25-27(4,12-7-17-31)23(20(2)33)11-13-29(25,28)6/h17,22-26H,7-16,18H2,1-6H3/t22-,23-,24+,25+,26+,27-,28+,29+,30+/m0/s1. The largest absolute Gasteiger partial charge is 0.465 e. The van der Waals surface area contributed by atoms with Crippen LogP contribution in [0.3, 0.4) is 0 Å². The van der Waals surface area contributed by atoms with Crippen LogP contribution in [0, 0.1) is 51.2 Å². The number of ether oxygens (including phenoxy) is 1. The summed E-state index contributed by atoms with van der Waals surface area (Å²) in [5.41, 5.74) is -0.151. The molecule has 4 saturated carbocycles. The molecular weight excluding hydrogens is 440 g/mol. The Labute approximate surface area is 211 Å². The number of hydrogen-bond acceptors (Lipinski definition) is 5. The third kappa shape index (κ3) is 3.85. The minimum atomic E-state index is -0.234. The highest BCUT2D eigenvalue weighted by Crippen LogP contribution is 2.75. The molecule has 9 atom stereocenters. The highest BCUT2D eigenvalue weighted by atomic mass is 16.5. The molecule has 0 aromatic carbocycles. The Balaban J connectivity index is 1.75. The molecule has 0 bridgehead atoms. The van der Waals surface area contributed by atoms with Gasteiger partial charge in [0, 0.05) is 30.6 Å². The van der Waals surface area contributed by atoms with Crippen LogP contribution >= 0.6 is 0 Å². The summed E-state index contributed by atoms with van der Waals surface area (Å²) >= 11 is 0. The molecule has 0 saturated heterocycles. The smallest absolute Gasteiger partial charge is 0.302 e. The molecule has 4 aliphatic carbocycles. The van der Waals surface area contributed by atoms with Crippen LogP contribution in [0.15, 0.2) is 0 Å². The number of Topliss-reactive ketones (excluding diaryl/α,β-unsaturated/α-hetero) is 2. The summed E-state index contributed by atoms with van der Waals surface area (Å²) in [5, 5.41) is 0. The van der Waals surface area contributed by atoms with Gasteiger partial charge in [0.25, 0.3) is 0 Å². The maximum Gasteiger partial charge on any atom is 0.302 e. The molecule has 0 aromatic rings. The van der Waals surface area contributed by atoms with Crippen LogP contribution in [-0.4, -0.2) is 30.4 Å². The molecule has 4 rings (SSSR count). The summed E-state index contributed by atoms with van der Waals surface area (Å²) in [7, 11) is 0. The van der Waals surface area contributed by atoms with Gasteiger partial charge in [-0.25, -0.2) is 0 Å². The highest BCUT2D eigenvalue weighted by Gasteiger charge is 2.69. The van der Waals surface area contributed by atoms with Crippen molar-refractivity contribution in [3.8, 4) is 0 Å². The van der Waals surface area contributed by atoms with Crippen molar-refractivity contribution in [2.45, 2.75) is 106 Å². The van der Waals surface area contributed by atoms with Gasteiger partial charge < -0.3 is 9.53 Å². The zero-order chi connectivity index (χ0) is 25.8. The van der Waals surface area contributed by atoms with E-state index in [1.54, 1.807) is 13.8 Å². The van der Waals surface area contributed by atoms with Gasteiger partial charge in [0.2, 0.25) is 0 Å². The Morgan fingerprint density at radius 1 is 0.857 bits per heavy atom. The molecule has 0 heterocycles. The van der Waals surface area contributed by atoms with E-state index >= 15 is 0 Å². The molecule has 5 heteroatoms. The Kier molecular flexibility index (Phi) is 6.90. The maximum atomic E-state index is 12.9. The molecule has 0 spiro atoms. The summed E-state index contributed by atoms with van der Waals surface area (Å²) in [6.45, 7) is 12.6. The third-order valence-electron chi connectivity index (χ3n) is 12.2. The van der Waals surface area contributed by atoms with E-state index in [1.807, 2.05) is 0 Å². The fourth-order valence-corrected chi connectivity index (χ4v) is 10.4. The van der Waals surface area contributed by atoms with E-state index in [1.165, 1.54) is 6.92 Å². The third-order valence-corrected chi connectivity index (χ3v) is 12.2. The summed E-state index contributed by atoms with van der Waals surface area (Å²) in [6, 6.07) is 0. The van der Waals surface area contributed by atoms with E-state index in [0.717, 1.165) is 64.1 Å². The second-order valence-corrected chi connectivity index (χ2v) is 13.4. The number of esters is 1. The molecular formula is C30H46O5. The number of aldehydes is 1. The lowest BCUT2D eigenvalue weighted by Crippen LogP contribution is -2.65. The fraction of sp³-hybridized carbons (Fsp3) is 0.867. The van der Waals surface area contributed by atoms with Gasteiger partial charge in [0.1, 0.15) is 17.9 Å². The number of fused-ring (bicyclic) bond motifs is 5. The predicted molar refractivity (Wildman–Crippen MR) is 134 cm³/mol. The monoisotopic (exact) mass is 486 g/mol. The second-order valence-electron chi connectivity index (χ2n) is 13.4. The Morgan fingerprint density at radius 3 is 2.17 bits per heavy atom. The molecule has 0 aromatic heterocycles. The van der Waals surface area contributed by atoms with Crippen molar-refractivity contribution in [2.24, 2.45) is 51.2 Å². The molecule has 35 heavy (non-hydrogen) atoms. The minimum Gasteiger partial charge on any atom is -0.465 e. The van der Waals surface area contributed by atoms with Gasteiger partial charge in [-0.2, -0.15) is 0 Å². The van der Waals surface area contributed by atoms with E-state index < -0.39 is 0 Å². The molecule has 0 amide bonds. The Morgan fingerprint density at radius 2 is 1.57 bits per heavy atom. The summed E-state index contributed by atoms with van der Waals surface area (Å²) in [4.78, 5) is 48.9. The molecule has 0 aliphatic heterocycles. The van der Waals surface area contributed by atoms with E-state index in [9.17, 15) is 19.2 Å². The predicted octanol–water partition coefficient (Wildman–Crippen LogP) is 5.97. The molecule has 4 fully saturated rings. The van der Waals surface area contributed by atoms with Crippen molar-refractivity contribution < 1.29 is 23.9 Å². The van der Waals surface area contributed by atoms with Crippen molar-refractivity contribution in [1.29, 1.82) is 0 Å². The number of ketones is 2. The number of rotatable bonds is 7. The molecule has 5 nitrogen and oxygen atoms in total. The minimum absolute atomic E-state index is 0.0174. The zero-order valence-electron chi connectivity index (χ0n) is 22.8. The van der Waals surface area contributed by atoms with Crippen molar-refractivity contribution in [3.63, 3.8) is 0 Å². The van der Waals surface area contributed by atoms with Crippen LogP contribution < -0.4 is 0 Å². The van der Waals surface area contributed by atoms with Crippen molar-refractivity contribution in [2.75, 3.05) is 6.61 Å². The van der Waals surface area contributed by atoms with Gasteiger partial charge in [0.15, 0.2) is 0 Å². The topological polar surface area (TPSA) is 77.5 Å². The van der Waals surface area contributed by atoms with E-state index in [-0.39, 0.29) is 56.9 Å². The van der Waals surface area contributed by atoms with Crippen LogP contribution in [0.4, 0.5) is 0 Å². The Bertz CT molecular complexity index is 895. The van der Waals surface area contributed by atoms with Gasteiger partial charge in [-0.1, -0.05) is 20.8 Å². The van der Waals surface area contributed by atoms with E-state index in [2.05, 4.69) is 20.8 Å². The zero-order valence-corrected chi connectivity index (χ0v) is 22.8.